The van der Waals surface area contributed by atoms with Crippen molar-refractivity contribution in [2.24, 2.45) is 0 Å². The van der Waals surface area contributed by atoms with Gasteiger partial charge in [0.15, 0.2) is 5.16 Å². The number of thiazole rings is 1. The van der Waals surface area contributed by atoms with E-state index in [-0.39, 0.29) is 22.6 Å². The summed E-state index contributed by atoms with van der Waals surface area (Å²) < 4.78 is 7.96. The summed E-state index contributed by atoms with van der Waals surface area (Å²) in [5.74, 6) is 0.415. The Hall–Kier alpha value is -4.13. The van der Waals surface area contributed by atoms with E-state index in [0.29, 0.717) is 32.5 Å². The molecule has 2 heterocycles. The molecule has 0 bridgehead atoms. The van der Waals surface area contributed by atoms with E-state index in [1.165, 1.54) is 15.9 Å². The number of allylic oxidation sites excluding steroid dienone is 1. The van der Waals surface area contributed by atoms with Crippen molar-refractivity contribution < 1.29 is 9.84 Å². The third-order valence-corrected chi connectivity index (χ3v) is 7.57. The predicted molar refractivity (Wildman–Crippen MR) is 144 cm³/mol. The lowest BCUT2D eigenvalue weighted by Gasteiger charge is -2.16. The monoisotopic (exact) mass is 512 g/mol. The van der Waals surface area contributed by atoms with Gasteiger partial charge in [0.2, 0.25) is 0 Å². The van der Waals surface area contributed by atoms with Crippen molar-refractivity contribution in [3.8, 4) is 17.5 Å². The van der Waals surface area contributed by atoms with Crippen molar-refractivity contribution in [3.05, 3.63) is 93.4 Å². The highest BCUT2D eigenvalue weighted by Crippen LogP contribution is 2.32. The summed E-state index contributed by atoms with van der Waals surface area (Å²) in [7, 11) is 1.55. The first-order valence-corrected chi connectivity index (χ1v) is 12.8. The number of fused-ring (bicyclic) bond motifs is 2. The molecule has 0 aliphatic carbocycles. The number of benzene rings is 3. The van der Waals surface area contributed by atoms with Gasteiger partial charge in [-0.15, -0.1) is 11.3 Å². The van der Waals surface area contributed by atoms with E-state index in [2.05, 4.69) is 11.1 Å². The van der Waals surface area contributed by atoms with Crippen LogP contribution in [0.15, 0.2) is 82.4 Å². The molecule has 2 aromatic heterocycles. The lowest BCUT2D eigenvalue weighted by atomic mass is 10.2. The molecular formula is C27H20N4O3S2. The van der Waals surface area contributed by atoms with Gasteiger partial charge in [0.1, 0.15) is 28.2 Å². The van der Waals surface area contributed by atoms with Crippen molar-refractivity contribution in [1.82, 2.24) is 14.5 Å². The van der Waals surface area contributed by atoms with Gasteiger partial charge in [0.25, 0.3) is 5.56 Å². The molecule has 0 aliphatic heterocycles. The highest BCUT2D eigenvalue weighted by Gasteiger charge is 2.19. The third kappa shape index (κ3) is 4.33. The molecule has 0 amide bonds. The number of methoxy groups -OCH3 is 1. The molecule has 0 radical (unpaired) electrons. The van der Waals surface area contributed by atoms with Crippen LogP contribution < -0.4 is 10.3 Å². The molecule has 3 aromatic carbocycles. The summed E-state index contributed by atoms with van der Waals surface area (Å²) in [4.78, 5) is 22.8. The first kappa shape index (κ1) is 23.6. The quantitative estimate of drug-likeness (QED) is 0.131. The predicted octanol–water partition coefficient (Wildman–Crippen LogP) is 5.90. The van der Waals surface area contributed by atoms with E-state index >= 15 is 0 Å². The summed E-state index contributed by atoms with van der Waals surface area (Å²) >= 11 is 2.51. The lowest BCUT2D eigenvalue weighted by molar-refractivity contribution is 0.411. The first-order chi connectivity index (χ1) is 17.5. The van der Waals surface area contributed by atoms with E-state index in [1.54, 1.807) is 31.4 Å². The Kier molecular flexibility index (Phi) is 6.46. The molecule has 0 atom stereocenters. The molecule has 5 aromatic rings. The number of aromatic nitrogens is 3. The van der Waals surface area contributed by atoms with Crippen molar-refractivity contribution >= 4 is 49.8 Å². The minimum Gasteiger partial charge on any atom is -0.510 e. The Morgan fingerprint density at radius 2 is 1.86 bits per heavy atom. The normalized spacial score (nSPS) is 11.9. The second-order valence-corrected chi connectivity index (χ2v) is 9.91. The van der Waals surface area contributed by atoms with Gasteiger partial charge in [-0.25, -0.2) is 9.97 Å². The summed E-state index contributed by atoms with van der Waals surface area (Å²) in [6.07, 6.45) is 0. The number of hydrogen-bond acceptors (Lipinski definition) is 8. The molecule has 0 aliphatic rings. The number of nitriles is 1. The topological polar surface area (TPSA) is 101 Å². The Bertz CT molecular complexity index is 1720. The zero-order chi connectivity index (χ0) is 25.2. The molecule has 0 fully saturated rings. The summed E-state index contributed by atoms with van der Waals surface area (Å²) in [6, 6.07) is 22.3. The Balaban J connectivity index is 1.61. The average molecular weight is 513 g/mol. The number of aliphatic hydroxyl groups excluding tert-OH is 1. The largest absolute Gasteiger partial charge is 0.510 e. The maximum Gasteiger partial charge on any atom is 0.266 e. The number of thioether (sulfide) groups is 1. The highest BCUT2D eigenvalue weighted by molar-refractivity contribution is 7.99. The number of ether oxygens (including phenoxy) is 1. The SMILES string of the molecule is COc1ccc(C)cc1-n1c(SCC(O)=C(C#N)c2nc3ccccc3s2)nc2ccccc2c1=O. The van der Waals surface area contributed by atoms with E-state index in [4.69, 9.17) is 9.72 Å². The van der Waals surface area contributed by atoms with Gasteiger partial charge in [-0.3, -0.25) is 9.36 Å². The molecule has 9 heteroatoms. The molecule has 5 rings (SSSR count). The molecule has 0 spiro atoms. The van der Waals surface area contributed by atoms with Gasteiger partial charge in [-0.1, -0.05) is 42.1 Å². The van der Waals surface area contributed by atoms with Gasteiger partial charge < -0.3 is 9.84 Å². The van der Waals surface area contributed by atoms with Gasteiger partial charge in [-0.2, -0.15) is 5.26 Å². The van der Waals surface area contributed by atoms with Gasteiger partial charge >= 0.3 is 0 Å². The third-order valence-electron chi connectivity index (χ3n) is 5.57. The van der Waals surface area contributed by atoms with Crippen LogP contribution in [-0.4, -0.2) is 32.5 Å². The van der Waals surface area contributed by atoms with Gasteiger partial charge in [0, 0.05) is 0 Å². The standard InChI is InChI=1S/C27H20N4O3S2/c1-16-11-12-23(34-2)21(13-16)31-26(33)17-7-3-4-8-19(17)30-27(31)35-15-22(32)18(14-28)25-29-20-9-5-6-10-24(20)36-25/h3-13,32H,15H2,1-2H3. The van der Waals surface area contributed by atoms with Crippen LogP contribution in [0.1, 0.15) is 10.6 Å². The molecule has 0 unspecified atom stereocenters. The van der Waals surface area contributed by atoms with Crippen LogP contribution in [0.4, 0.5) is 0 Å². The maximum atomic E-state index is 13.6. The van der Waals surface area contributed by atoms with Gasteiger partial charge in [0.05, 0.1) is 39.7 Å². The summed E-state index contributed by atoms with van der Waals surface area (Å²) in [5, 5.41) is 22.0. The number of hydrogen-bond donors (Lipinski definition) is 1. The zero-order valence-electron chi connectivity index (χ0n) is 19.4. The second kappa shape index (κ2) is 9.85. The van der Waals surface area contributed by atoms with E-state index in [1.807, 2.05) is 49.4 Å². The van der Waals surface area contributed by atoms with Crippen LogP contribution >= 0.6 is 23.1 Å². The number of rotatable bonds is 6. The van der Waals surface area contributed by atoms with Crippen molar-refractivity contribution in [1.29, 1.82) is 5.26 Å². The van der Waals surface area contributed by atoms with Crippen LogP contribution in [0.25, 0.3) is 32.4 Å². The Labute approximate surface area is 215 Å². The molecule has 36 heavy (non-hydrogen) atoms. The fourth-order valence-corrected chi connectivity index (χ4v) is 5.68. The fourth-order valence-electron chi connectivity index (χ4n) is 3.82. The van der Waals surface area contributed by atoms with Crippen molar-refractivity contribution in [3.63, 3.8) is 0 Å². The van der Waals surface area contributed by atoms with Gasteiger partial charge in [-0.05, 0) is 48.9 Å². The minimum absolute atomic E-state index is 0.0255. The Morgan fingerprint density at radius 1 is 1.11 bits per heavy atom. The summed E-state index contributed by atoms with van der Waals surface area (Å²) in [6.45, 7) is 1.93. The van der Waals surface area contributed by atoms with Crippen LogP contribution in [0.5, 0.6) is 5.75 Å². The van der Waals surface area contributed by atoms with E-state index < -0.39 is 0 Å². The van der Waals surface area contributed by atoms with Crippen molar-refractivity contribution in [2.45, 2.75) is 12.1 Å². The summed E-state index contributed by atoms with van der Waals surface area (Å²) in [5.41, 5.74) is 2.67. The van der Waals surface area contributed by atoms with Crippen LogP contribution in [0.3, 0.4) is 0 Å². The Morgan fingerprint density at radius 3 is 2.61 bits per heavy atom. The molecular weight excluding hydrogens is 492 g/mol. The number of aryl methyl sites for hydroxylation is 1. The van der Waals surface area contributed by atoms with Crippen LogP contribution in [0, 0.1) is 18.3 Å². The van der Waals surface area contributed by atoms with Crippen molar-refractivity contribution in [2.75, 3.05) is 12.9 Å². The number of para-hydroxylation sites is 2. The number of nitrogens with zero attached hydrogens (tertiary/aromatic N) is 4. The van der Waals surface area contributed by atoms with Crippen LogP contribution in [-0.2, 0) is 0 Å². The number of aliphatic hydroxyl groups is 1. The first-order valence-electron chi connectivity index (χ1n) is 11.0. The smallest absolute Gasteiger partial charge is 0.266 e. The van der Waals surface area contributed by atoms with Crippen LogP contribution in [0.2, 0.25) is 0 Å². The fraction of sp³-hybridized carbons (Fsp3) is 0.111. The van der Waals surface area contributed by atoms with E-state index in [0.717, 1.165) is 27.5 Å². The minimum atomic E-state index is -0.248. The molecule has 7 nitrogen and oxygen atoms in total. The zero-order valence-corrected chi connectivity index (χ0v) is 21.1. The maximum absolute atomic E-state index is 13.6. The molecule has 178 valence electrons. The molecule has 0 saturated carbocycles. The lowest BCUT2D eigenvalue weighted by Crippen LogP contribution is -2.22. The second-order valence-electron chi connectivity index (χ2n) is 7.94. The van der Waals surface area contributed by atoms with E-state index in [9.17, 15) is 15.2 Å². The molecule has 1 N–H and O–H groups in total. The average Bonchev–Trinajstić information content (AvgIpc) is 3.32. The molecule has 0 saturated heterocycles. The highest BCUT2D eigenvalue weighted by atomic mass is 32.2.